The zero-order valence-corrected chi connectivity index (χ0v) is 12.4. The highest BCUT2D eigenvalue weighted by Gasteiger charge is 2.37. The summed E-state index contributed by atoms with van der Waals surface area (Å²) in [5.74, 6) is 1.16. The van der Waals surface area contributed by atoms with Crippen molar-refractivity contribution in [3.8, 4) is 0 Å². The van der Waals surface area contributed by atoms with Gasteiger partial charge in [0.25, 0.3) is 0 Å². The van der Waals surface area contributed by atoms with Crippen molar-refractivity contribution in [1.82, 2.24) is 14.9 Å². The van der Waals surface area contributed by atoms with Crippen LogP contribution in [0.25, 0.3) is 0 Å². The van der Waals surface area contributed by atoms with Crippen molar-refractivity contribution in [1.29, 1.82) is 0 Å². The fourth-order valence-corrected chi connectivity index (χ4v) is 3.45. The van der Waals surface area contributed by atoms with Gasteiger partial charge in [-0.15, -0.1) is 0 Å². The Balaban J connectivity index is 2.16. The molecular weight excluding hydrogens is 238 g/mol. The van der Waals surface area contributed by atoms with Crippen LogP contribution in [0.3, 0.4) is 0 Å². The molecule has 1 aliphatic rings. The van der Waals surface area contributed by atoms with Crippen molar-refractivity contribution in [2.24, 2.45) is 0 Å². The van der Waals surface area contributed by atoms with Crippen LogP contribution in [0.1, 0.15) is 58.3 Å². The lowest BCUT2D eigenvalue weighted by molar-refractivity contribution is 0.0897. The Labute approximate surface area is 116 Å². The number of imidazole rings is 1. The molecule has 4 nitrogen and oxygen atoms in total. The van der Waals surface area contributed by atoms with Gasteiger partial charge in [-0.3, -0.25) is 0 Å². The number of nitrogens with zero attached hydrogens (tertiary/aromatic N) is 2. The van der Waals surface area contributed by atoms with Crippen molar-refractivity contribution in [2.75, 3.05) is 6.61 Å². The smallest absolute Gasteiger partial charge is 0.108 e. The van der Waals surface area contributed by atoms with Crippen molar-refractivity contribution in [3.05, 3.63) is 18.2 Å². The van der Waals surface area contributed by atoms with Gasteiger partial charge in [-0.05, 0) is 25.7 Å². The summed E-state index contributed by atoms with van der Waals surface area (Å²) in [6, 6.07) is 0.865. The molecule has 2 unspecified atom stereocenters. The van der Waals surface area contributed by atoms with Crippen LogP contribution in [0, 0.1) is 0 Å². The lowest BCUT2D eigenvalue weighted by atomic mass is 9.78. The van der Waals surface area contributed by atoms with Crippen LogP contribution in [0.5, 0.6) is 0 Å². The van der Waals surface area contributed by atoms with E-state index in [-0.39, 0.29) is 12.1 Å². The van der Waals surface area contributed by atoms with E-state index < -0.39 is 0 Å². The molecule has 2 N–H and O–H groups in total. The number of hydrogen-bond acceptors (Lipinski definition) is 3. The van der Waals surface area contributed by atoms with Gasteiger partial charge in [-0.25, -0.2) is 4.98 Å². The molecule has 19 heavy (non-hydrogen) atoms. The van der Waals surface area contributed by atoms with Crippen LogP contribution < -0.4 is 5.32 Å². The second-order valence-corrected chi connectivity index (χ2v) is 6.09. The van der Waals surface area contributed by atoms with Gasteiger partial charge in [0.2, 0.25) is 0 Å². The Kier molecular flexibility index (Phi) is 4.63. The van der Waals surface area contributed by atoms with E-state index in [9.17, 15) is 5.11 Å². The van der Waals surface area contributed by atoms with Crippen molar-refractivity contribution in [2.45, 2.75) is 70.5 Å². The molecule has 1 heterocycles. The lowest BCUT2D eigenvalue weighted by Gasteiger charge is -2.42. The summed E-state index contributed by atoms with van der Waals surface area (Å²) in [6.07, 6.45) is 9.35. The summed E-state index contributed by atoms with van der Waals surface area (Å²) in [4.78, 5) is 4.42. The van der Waals surface area contributed by atoms with Gasteiger partial charge in [0, 0.05) is 36.4 Å². The molecule has 0 bridgehead atoms. The van der Waals surface area contributed by atoms with E-state index in [2.05, 4.69) is 41.8 Å². The third-order valence-electron chi connectivity index (χ3n) is 4.18. The fraction of sp³-hybridized carbons (Fsp3) is 0.800. The maximum absolute atomic E-state index is 9.84. The highest BCUT2D eigenvalue weighted by molar-refractivity contribution is 5.01. The molecule has 4 heteroatoms. The summed E-state index contributed by atoms with van der Waals surface area (Å²) in [7, 11) is 0. The minimum Gasteiger partial charge on any atom is -0.394 e. The Bertz CT molecular complexity index is 402. The molecule has 0 aromatic carbocycles. The quantitative estimate of drug-likeness (QED) is 0.859. The predicted octanol–water partition coefficient (Wildman–Crippen LogP) is 2.29. The van der Waals surface area contributed by atoms with Crippen molar-refractivity contribution < 1.29 is 5.11 Å². The van der Waals surface area contributed by atoms with Crippen LogP contribution in [-0.2, 0) is 6.42 Å². The lowest BCUT2D eigenvalue weighted by Crippen LogP contribution is -2.54. The first-order valence-corrected chi connectivity index (χ1v) is 7.50. The maximum Gasteiger partial charge on any atom is 0.108 e. The molecule has 0 saturated heterocycles. The second kappa shape index (κ2) is 6.06. The highest BCUT2D eigenvalue weighted by Crippen LogP contribution is 2.36. The third kappa shape index (κ3) is 3.18. The molecule has 1 fully saturated rings. The van der Waals surface area contributed by atoms with Crippen LogP contribution in [0.4, 0.5) is 0 Å². The number of nitrogens with one attached hydrogen (secondary N) is 1. The number of aromatic nitrogens is 2. The van der Waals surface area contributed by atoms with E-state index >= 15 is 0 Å². The molecule has 0 aliphatic heterocycles. The molecule has 1 aliphatic carbocycles. The number of rotatable bonds is 5. The first-order valence-electron chi connectivity index (χ1n) is 7.50. The van der Waals surface area contributed by atoms with E-state index in [0.29, 0.717) is 12.1 Å². The molecule has 1 aromatic rings. The topological polar surface area (TPSA) is 50.1 Å². The molecule has 1 saturated carbocycles. The van der Waals surface area contributed by atoms with Crippen molar-refractivity contribution in [3.63, 3.8) is 0 Å². The molecule has 0 amide bonds. The molecule has 0 radical (unpaired) electrons. The average Bonchev–Trinajstić information content (AvgIpc) is 2.86. The van der Waals surface area contributed by atoms with Gasteiger partial charge < -0.3 is 15.0 Å². The number of aryl methyl sites for hydroxylation is 1. The summed E-state index contributed by atoms with van der Waals surface area (Å²) >= 11 is 0. The van der Waals surface area contributed by atoms with E-state index in [1.54, 1.807) is 0 Å². The fourth-order valence-electron chi connectivity index (χ4n) is 3.45. The van der Waals surface area contributed by atoms with Gasteiger partial charge in [0.1, 0.15) is 5.82 Å². The van der Waals surface area contributed by atoms with E-state index in [0.717, 1.165) is 31.5 Å². The Morgan fingerprint density at radius 2 is 2.37 bits per heavy atom. The molecule has 108 valence electrons. The number of hydrogen-bond donors (Lipinski definition) is 2. The summed E-state index contributed by atoms with van der Waals surface area (Å²) < 4.78 is 2.31. The van der Waals surface area contributed by atoms with E-state index in [1.807, 2.05) is 6.20 Å². The van der Waals surface area contributed by atoms with Crippen LogP contribution in [0.15, 0.2) is 12.4 Å². The Morgan fingerprint density at radius 1 is 1.58 bits per heavy atom. The summed E-state index contributed by atoms with van der Waals surface area (Å²) in [5.41, 5.74) is -0.119. The monoisotopic (exact) mass is 265 g/mol. The second-order valence-electron chi connectivity index (χ2n) is 6.09. The number of aliphatic hydroxyl groups is 1. The van der Waals surface area contributed by atoms with Gasteiger partial charge >= 0.3 is 0 Å². The molecule has 0 spiro atoms. The van der Waals surface area contributed by atoms with Crippen LogP contribution in [0.2, 0.25) is 0 Å². The number of aliphatic hydroxyl groups excluding tert-OH is 1. The first kappa shape index (κ1) is 14.5. The van der Waals surface area contributed by atoms with E-state index in [1.165, 1.54) is 6.42 Å². The molecular formula is C15H27N3O. The van der Waals surface area contributed by atoms with Gasteiger partial charge in [0.05, 0.1) is 6.61 Å². The SMILES string of the molecule is CCc1nccn1C1CCCC(CO)(NC(C)C)C1. The highest BCUT2D eigenvalue weighted by atomic mass is 16.3. The largest absolute Gasteiger partial charge is 0.394 e. The minimum absolute atomic E-state index is 0.119. The minimum atomic E-state index is -0.119. The summed E-state index contributed by atoms with van der Waals surface area (Å²) in [6.45, 7) is 6.66. The average molecular weight is 265 g/mol. The maximum atomic E-state index is 9.84. The molecule has 2 rings (SSSR count). The Morgan fingerprint density at radius 3 is 3.00 bits per heavy atom. The zero-order chi connectivity index (χ0) is 13.9. The Hall–Kier alpha value is -0.870. The van der Waals surface area contributed by atoms with Gasteiger partial charge in [0.15, 0.2) is 0 Å². The zero-order valence-electron chi connectivity index (χ0n) is 12.4. The molecule has 1 aromatic heterocycles. The third-order valence-corrected chi connectivity index (χ3v) is 4.18. The normalized spacial score (nSPS) is 27.9. The van der Waals surface area contributed by atoms with Crippen LogP contribution in [-0.4, -0.2) is 32.8 Å². The summed E-state index contributed by atoms with van der Waals surface area (Å²) in [5, 5.41) is 13.4. The van der Waals surface area contributed by atoms with Gasteiger partial charge in [-0.2, -0.15) is 0 Å². The molecule has 2 atom stereocenters. The standard InChI is InChI=1S/C15H27N3O/c1-4-14-16-8-9-18(14)13-6-5-7-15(10-13,11-19)17-12(2)3/h8-9,12-13,17,19H,4-7,10-11H2,1-3H3. The first-order chi connectivity index (χ1) is 9.10. The predicted molar refractivity (Wildman–Crippen MR) is 77.2 cm³/mol. The van der Waals surface area contributed by atoms with E-state index in [4.69, 9.17) is 0 Å². The van der Waals surface area contributed by atoms with Crippen LogP contribution >= 0.6 is 0 Å². The van der Waals surface area contributed by atoms with Gasteiger partial charge in [-0.1, -0.05) is 20.8 Å². The van der Waals surface area contributed by atoms with Crippen molar-refractivity contribution >= 4 is 0 Å².